The summed E-state index contributed by atoms with van der Waals surface area (Å²) >= 11 is 3.43. The first-order valence-electron chi connectivity index (χ1n) is 3.26. The summed E-state index contributed by atoms with van der Waals surface area (Å²) in [6.07, 6.45) is 3.90. The molecule has 54 valence electrons. The Hall–Kier alpha value is -0.500. The fourth-order valence-corrected chi connectivity index (χ4v) is 1.46. The van der Waals surface area contributed by atoms with Gasteiger partial charge in [-0.25, -0.2) is 0 Å². The lowest BCUT2D eigenvalue weighted by molar-refractivity contribution is 0.760. The van der Waals surface area contributed by atoms with E-state index in [0.29, 0.717) is 0 Å². The first-order chi connectivity index (χ1) is 4.79. The van der Waals surface area contributed by atoms with Crippen LogP contribution in [-0.4, -0.2) is 4.57 Å². The highest BCUT2D eigenvalue weighted by Crippen LogP contribution is 2.18. The third kappa shape index (κ3) is 1.16. The molecule has 0 N–H and O–H groups in total. The summed E-state index contributed by atoms with van der Waals surface area (Å²) in [5, 5.41) is 0. The Morgan fingerprint density at radius 2 is 2.50 bits per heavy atom. The number of aromatic nitrogens is 1. The number of aryl methyl sites for hydroxylation is 1. The molecule has 1 aromatic heterocycles. The molecule has 0 aliphatic heterocycles. The van der Waals surface area contributed by atoms with Crippen molar-refractivity contribution in [1.82, 2.24) is 4.57 Å². The van der Waals surface area contributed by atoms with E-state index in [0.717, 1.165) is 16.7 Å². The van der Waals surface area contributed by atoms with Crippen LogP contribution in [0, 0.1) is 0 Å². The molecule has 0 radical (unpaired) electrons. The van der Waals surface area contributed by atoms with Crippen molar-refractivity contribution < 1.29 is 0 Å². The van der Waals surface area contributed by atoms with E-state index in [9.17, 15) is 0 Å². The van der Waals surface area contributed by atoms with Gasteiger partial charge in [0.2, 0.25) is 0 Å². The molecule has 1 aromatic rings. The van der Waals surface area contributed by atoms with E-state index in [2.05, 4.69) is 34.0 Å². The van der Waals surface area contributed by atoms with Gasteiger partial charge in [0.05, 0.1) is 5.69 Å². The lowest BCUT2D eigenvalue weighted by Crippen LogP contribution is -1.93. The molecule has 0 saturated carbocycles. The molecule has 0 atom stereocenters. The van der Waals surface area contributed by atoms with Crippen LogP contribution in [-0.2, 0) is 6.54 Å². The van der Waals surface area contributed by atoms with E-state index < -0.39 is 0 Å². The molecular weight excluding hydrogens is 190 g/mol. The first kappa shape index (κ1) is 7.61. The molecule has 1 nitrogen and oxygen atoms in total. The van der Waals surface area contributed by atoms with E-state index in [1.54, 1.807) is 0 Å². The molecule has 0 aromatic carbocycles. The van der Waals surface area contributed by atoms with Crippen molar-refractivity contribution >= 4 is 22.0 Å². The van der Waals surface area contributed by atoms with Crippen molar-refractivity contribution in [3.05, 3.63) is 29.0 Å². The van der Waals surface area contributed by atoms with Crippen LogP contribution in [0.25, 0.3) is 6.08 Å². The average molecular weight is 200 g/mol. The zero-order chi connectivity index (χ0) is 7.56. The predicted molar refractivity (Wildman–Crippen MR) is 47.9 cm³/mol. The molecule has 10 heavy (non-hydrogen) atoms. The number of halogens is 1. The van der Waals surface area contributed by atoms with Crippen LogP contribution in [0.1, 0.15) is 12.6 Å². The van der Waals surface area contributed by atoms with Crippen LogP contribution < -0.4 is 0 Å². The van der Waals surface area contributed by atoms with Crippen molar-refractivity contribution in [2.45, 2.75) is 13.5 Å². The van der Waals surface area contributed by atoms with Crippen molar-refractivity contribution in [1.29, 1.82) is 0 Å². The Bertz CT molecular complexity index is 237. The second-order valence-electron chi connectivity index (χ2n) is 2.04. The fourth-order valence-electron chi connectivity index (χ4n) is 0.949. The van der Waals surface area contributed by atoms with E-state index in [1.165, 1.54) is 0 Å². The minimum atomic E-state index is 0.993. The van der Waals surface area contributed by atoms with E-state index in [-0.39, 0.29) is 0 Å². The maximum atomic E-state index is 3.72. The maximum absolute atomic E-state index is 3.72. The van der Waals surface area contributed by atoms with Crippen LogP contribution >= 0.6 is 15.9 Å². The Labute approximate surface area is 69.5 Å². The van der Waals surface area contributed by atoms with Crippen LogP contribution in [0.4, 0.5) is 0 Å². The molecular formula is C8H10BrN. The summed E-state index contributed by atoms with van der Waals surface area (Å²) in [5.41, 5.74) is 1.16. The molecule has 0 amide bonds. The van der Waals surface area contributed by atoms with Gasteiger partial charge in [-0.05, 0) is 35.0 Å². The summed E-state index contributed by atoms with van der Waals surface area (Å²) in [4.78, 5) is 0. The Balaban J connectivity index is 3.12. The van der Waals surface area contributed by atoms with E-state index in [1.807, 2.05) is 18.3 Å². The van der Waals surface area contributed by atoms with Gasteiger partial charge in [-0.15, -0.1) is 0 Å². The van der Waals surface area contributed by atoms with Gasteiger partial charge in [0.15, 0.2) is 0 Å². The Morgan fingerprint density at radius 1 is 1.80 bits per heavy atom. The molecule has 1 heterocycles. The van der Waals surface area contributed by atoms with Crippen LogP contribution in [0.3, 0.4) is 0 Å². The van der Waals surface area contributed by atoms with Gasteiger partial charge in [-0.3, -0.25) is 0 Å². The van der Waals surface area contributed by atoms with Gasteiger partial charge in [0, 0.05) is 17.2 Å². The van der Waals surface area contributed by atoms with Crippen molar-refractivity contribution in [3.63, 3.8) is 0 Å². The molecule has 0 aliphatic carbocycles. The standard InChI is InChI=1S/C8H10BrN/c1-3-8-7(9)5-6-10(8)4-2/h3,5-6H,1,4H2,2H3. The zero-order valence-corrected chi connectivity index (χ0v) is 7.56. The molecule has 0 aliphatic rings. The molecule has 0 saturated heterocycles. The SMILES string of the molecule is C=Cc1c(Br)ccn1CC. The van der Waals surface area contributed by atoms with Gasteiger partial charge >= 0.3 is 0 Å². The highest BCUT2D eigenvalue weighted by atomic mass is 79.9. The Kier molecular flexibility index (Phi) is 2.33. The average Bonchev–Trinajstić information content (AvgIpc) is 2.30. The molecule has 0 unspecified atom stereocenters. The highest BCUT2D eigenvalue weighted by Gasteiger charge is 1.99. The summed E-state index contributed by atoms with van der Waals surface area (Å²) < 4.78 is 3.25. The lowest BCUT2D eigenvalue weighted by Gasteiger charge is -2.00. The van der Waals surface area contributed by atoms with Gasteiger partial charge < -0.3 is 4.57 Å². The van der Waals surface area contributed by atoms with Crippen LogP contribution in [0.15, 0.2) is 23.3 Å². The molecule has 0 spiro atoms. The van der Waals surface area contributed by atoms with E-state index in [4.69, 9.17) is 0 Å². The van der Waals surface area contributed by atoms with Gasteiger partial charge in [0.25, 0.3) is 0 Å². The van der Waals surface area contributed by atoms with Gasteiger partial charge in [-0.1, -0.05) is 6.58 Å². The fraction of sp³-hybridized carbons (Fsp3) is 0.250. The number of nitrogens with zero attached hydrogens (tertiary/aromatic N) is 1. The number of hydrogen-bond donors (Lipinski definition) is 0. The number of rotatable bonds is 2. The lowest BCUT2D eigenvalue weighted by atomic mass is 10.4. The van der Waals surface area contributed by atoms with Crippen LogP contribution in [0.2, 0.25) is 0 Å². The van der Waals surface area contributed by atoms with E-state index >= 15 is 0 Å². The van der Waals surface area contributed by atoms with Gasteiger partial charge in [-0.2, -0.15) is 0 Å². The van der Waals surface area contributed by atoms with Crippen molar-refractivity contribution in [2.75, 3.05) is 0 Å². The van der Waals surface area contributed by atoms with Crippen molar-refractivity contribution in [3.8, 4) is 0 Å². The summed E-state index contributed by atoms with van der Waals surface area (Å²) in [5.74, 6) is 0. The third-order valence-electron chi connectivity index (χ3n) is 1.49. The second kappa shape index (κ2) is 3.06. The summed E-state index contributed by atoms with van der Waals surface area (Å²) in [6, 6.07) is 2.03. The molecule has 0 bridgehead atoms. The van der Waals surface area contributed by atoms with Crippen LogP contribution in [0.5, 0.6) is 0 Å². The summed E-state index contributed by atoms with van der Waals surface area (Å²) in [6.45, 7) is 6.83. The van der Waals surface area contributed by atoms with Gasteiger partial charge in [0.1, 0.15) is 0 Å². The summed E-state index contributed by atoms with van der Waals surface area (Å²) in [7, 11) is 0. The largest absolute Gasteiger partial charge is 0.347 e. The quantitative estimate of drug-likeness (QED) is 0.691. The second-order valence-corrected chi connectivity index (χ2v) is 2.89. The zero-order valence-electron chi connectivity index (χ0n) is 5.97. The molecule has 2 heteroatoms. The minimum absolute atomic E-state index is 0.993. The maximum Gasteiger partial charge on any atom is 0.0545 e. The molecule has 1 rings (SSSR count). The highest BCUT2D eigenvalue weighted by molar-refractivity contribution is 9.10. The number of hydrogen-bond acceptors (Lipinski definition) is 0. The minimum Gasteiger partial charge on any atom is -0.347 e. The third-order valence-corrected chi connectivity index (χ3v) is 2.16. The topological polar surface area (TPSA) is 4.93 Å². The molecule has 0 fully saturated rings. The predicted octanol–water partition coefficient (Wildman–Crippen LogP) is 2.91. The monoisotopic (exact) mass is 199 g/mol. The Morgan fingerprint density at radius 3 is 2.90 bits per heavy atom. The van der Waals surface area contributed by atoms with Crippen molar-refractivity contribution in [2.24, 2.45) is 0 Å². The normalized spacial score (nSPS) is 9.80. The first-order valence-corrected chi connectivity index (χ1v) is 4.06. The smallest absolute Gasteiger partial charge is 0.0545 e.